The van der Waals surface area contributed by atoms with E-state index >= 15 is 0 Å². The highest BCUT2D eigenvalue weighted by Crippen LogP contribution is 2.65. The Morgan fingerprint density at radius 3 is 2.62 bits per heavy atom. The molecule has 0 aromatic carbocycles. The van der Waals surface area contributed by atoms with Crippen molar-refractivity contribution in [1.82, 2.24) is 10.0 Å². The topological polar surface area (TPSA) is 58.2 Å². The van der Waals surface area contributed by atoms with Gasteiger partial charge in [0.05, 0.1) is 3.79 Å². The van der Waals surface area contributed by atoms with E-state index in [9.17, 15) is 8.42 Å². The fourth-order valence-corrected chi connectivity index (χ4v) is 8.57. The van der Waals surface area contributed by atoms with Crippen LogP contribution < -0.4 is 10.0 Å². The zero-order valence-corrected chi connectivity index (χ0v) is 15.0. The molecule has 3 fully saturated rings. The van der Waals surface area contributed by atoms with Crippen LogP contribution in [-0.4, -0.2) is 21.5 Å². The van der Waals surface area contributed by atoms with E-state index in [0.29, 0.717) is 27.1 Å². The van der Waals surface area contributed by atoms with Crippen LogP contribution in [0.15, 0.2) is 14.7 Å². The number of hydrogen-bond donors (Lipinski definition) is 2. The number of sulfonamides is 1. The minimum absolute atomic E-state index is 0.195. The van der Waals surface area contributed by atoms with Gasteiger partial charge in [-0.05, 0) is 72.0 Å². The number of hydrogen-bond acceptors (Lipinski definition) is 4. The van der Waals surface area contributed by atoms with Crippen LogP contribution in [0.5, 0.6) is 0 Å². The maximum atomic E-state index is 12.6. The molecule has 3 saturated carbocycles. The van der Waals surface area contributed by atoms with Crippen LogP contribution >= 0.6 is 27.3 Å². The van der Waals surface area contributed by atoms with Gasteiger partial charge in [0.15, 0.2) is 0 Å². The molecule has 4 atom stereocenters. The predicted octanol–water partition coefficient (Wildman–Crippen LogP) is 2.55. The first-order valence-electron chi connectivity index (χ1n) is 7.46. The van der Waals surface area contributed by atoms with Gasteiger partial charge in [-0.15, -0.1) is 11.3 Å². The van der Waals surface area contributed by atoms with Crippen molar-refractivity contribution in [3.05, 3.63) is 14.7 Å². The van der Waals surface area contributed by atoms with Crippen LogP contribution in [0.1, 0.15) is 24.1 Å². The second-order valence-corrected chi connectivity index (χ2v) is 10.7. The summed E-state index contributed by atoms with van der Waals surface area (Å²) in [6.07, 6.45) is 3.94. The highest BCUT2D eigenvalue weighted by Gasteiger charge is 2.65. The molecule has 0 spiro atoms. The lowest BCUT2D eigenvalue weighted by Gasteiger charge is -2.10. The maximum absolute atomic E-state index is 12.6. The first-order valence-corrected chi connectivity index (χ1v) is 10.6. The zero-order valence-electron chi connectivity index (χ0n) is 11.8. The van der Waals surface area contributed by atoms with Crippen molar-refractivity contribution in [2.24, 2.45) is 23.7 Å². The normalized spacial score (nSPS) is 37.0. The van der Waals surface area contributed by atoms with Gasteiger partial charge in [0.25, 0.3) is 0 Å². The summed E-state index contributed by atoms with van der Waals surface area (Å²) in [6.45, 7) is 0.692. The second kappa shape index (κ2) is 5.03. The smallest absolute Gasteiger partial charge is 0.242 e. The first-order chi connectivity index (χ1) is 10.0. The lowest BCUT2D eigenvalue weighted by Crippen LogP contribution is -2.30. The minimum atomic E-state index is -3.40. The van der Waals surface area contributed by atoms with E-state index in [1.54, 1.807) is 6.07 Å². The van der Waals surface area contributed by atoms with E-state index in [0.717, 1.165) is 16.7 Å². The van der Waals surface area contributed by atoms with Crippen molar-refractivity contribution in [2.45, 2.75) is 36.7 Å². The van der Waals surface area contributed by atoms with E-state index in [-0.39, 0.29) is 6.04 Å². The Hall–Kier alpha value is 0.0500. The molecule has 1 heterocycles. The SMILES string of the molecule is CNCc1cc(S(=O)(=O)NC2C3C4CCC(C4)C23)c(Br)s1. The molecule has 1 aromatic heterocycles. The molecule has 0 amide bonds. The Balaban J connectivity index is 1.52. The van der Waals surface area contributed by atoms with Gasteiger partial charge >= 0.3 is 0 Å². The van der Waals surface area contributed by atoms with E-state index in [2.05, 4.69) is 26.0 Å². The highest BCUT2D eigenvalue weighted by atomic mass is 79.9. The van der Waals surface area contributed by atoms with Crippen LogP contribution in [0.2, 0.25) is 0 Å². The van der Waals surface area contributed by atoms with Crippen molar-refractivity contribution >= 4 is 37.3 Å². The fraction of sp³-hybridized carbons (Fsp3) is 0.714. The summed E-state index contributed by atoms with van der Waals surface area (Å²) in [6, 6.07) is 1.97. The van der Waals surface area contributed by atoms with Gasteiger partial charge in [-0.3, -0.25) is 0 Å². The van der Waals surface area contributed by atoms with Crippen molar-refractivity contribution < 1.29 is 8.42 Å². The van der Waals surface area contributed by atoms with Crippen molar-refractivity contribution in [3.63, 3.8) is 0 Å². The molecule has 0 aliphatic heterocycles. The largest absolute Gasteiger partial charge is 0.315 e. The fourth-order valence-electron chi connectivity index (χ4n) is 4.57. The first kappa shape index (κ1) is 14.6. The van der Waals surface area contributed by atoms with Crippen molar-refractivity contribution in [3.8, 4) is 0 Å². The average Bonchev–Trinajstić information content (AvgIpc) is 2.83. The van der Waals surface area contributed by atoms with Gasteiger partial charge < -0.3 is 5.32 Å². The third-order valence-electron chi connectivity index (χ3n) is 5.37. The Labute approximate surface area is 137 Å². The van der Waals surface area contributed by atoms with E-state index < -0.39 is 10.0 Å². The van der Waals surface area contributed by atoms with Gasteiger partial charge in [-0.1, -0.05) is 0 Å². The van der Waals surface area contributed by atoms with Crippen LogP contribution in [0.3, 0.4) is 0 Å². The van der Waals surface area contributed by atoms with E-state index in [1.807, 2.05) is 7.05 Å². The summed E-state index contributed by atoms with van der Waals surface area (Å²) in [5, 5.41) is 3.06. The Morgan fingerprint density at radius 2 is 2.00 bits per heavy atom. The van der Waals surface area contributed by atoms with Crippen LogP contribution in [0.25, 0.3) is 0 Å². The predicted molar refractivity (Wildman–Crippen MR) is 86.7 cm³/mol. The average molecular weight is 391 g/mol. The molecule has 0 radical (unpaired) electrons. The zero-order chi connectivity index (χ0) is 14.8. The lowest BCUT2D eigenvalue weighted by molar-refractivity contribution is 0.456. The standard InChI is InChI=1S/C14H19BrN2O2S2/c1-16-6-9-5-10(14(15)20-9)21(18,19)17-13-11-7-2-3-8(4-7)12(11)13/h5,7-8,11-13,16-17H,2-4,6H2,1H3. The summed E-state index contributed by atoms with van der Waals surface area (Å²) < 4.78 is 28.9. The molecular formula is C14H19BrN2O2S2. The summed E-state index contributed by atoms with van der Waals surface area (Å²) in [7, 11) is -1.54. The Bertz CT molecular complexity index is 657. The highest BCUT2D eigenvalue weighted by molar-refractivity contribution is 9.11. The lowest BCUT2D eigenvalue weighted by atomic mass is 10.0. The number of fused-ring (bicyclic) bond motifs is 5. The number of thiophene rings is 1. The van der Waals surface area contributed by atoms with Crippen LogP contribution in [0.4, 0.5) is 0 Å². The molecule has 4 unspecified atom stereocenters. The van der Waals surface area contributed by atoms with E-state index in [4.69, 9.17) is 0 Å². The molecule has 0 saturated heterocycles. The Morgan fingerprint density at radius 1 is 1.33 bits per heavy atom. The third kappa shape index (κ3) is 2.32. The monoisotopic (exact) mass is 390 g/mol. The van der Waals surface area contributed by atoms with Crippen LogP contribution in [0, 0.1) is 23.7 Å². The molecule has 3 aliphatic carbocycles. The number of halogens is 1. The third-order valence-corrected chi connectivity index (χ3v) is 9.08. The van der Waals surface area contributed by atoms with Gasteiger partial charge in [-0.25, -0.2) is 13.1 Å². The molecule has 4 nitrogen and oxygen atoms in total. The molecule has 7 heteroatoms. The van der Waals surface area contributed by atoms with Gasteiger partial charge in [0.2, 0.25) is 10.0 Å². The summed E-state index contributed by atoms with van der Waals surface area (Å²) in [5.74, 6) is 2.79. The summed E-state index contributed by atoms with van der Waals surface area (Å²) >= 11 is 4.89. The molecule has 21 heavy (non-hydrogen) atoms. The molecule has 116 valence electrons. The molecule has 3 aliphatic rings. The van der Waals surface area contributed by atoms with Crippen LogP contribution in [-0.2, 0) is 16.6 Å². The van der Waals surface area contributed by atoms with Gasteiger partial charge in [0.1, 0.15) is 4.90 Å². The van der Waals surface area contributed by atoms with Gasteiger partial charge in [0, 0.05) is 17.5 Å². The van der Waals surface area contributed by atoms with Crippen molar-refractivity contribution in [2.75, 3.05) is 7.05 Å². The second-order valence-electron chi connectivity index (χ2n) is 6.52. The molecule has 4 rings (SSSR count). The molecule has 2 bridgehead atoms. The molecule has 1 aromatic rings. The Kier molecular flexibility index (Phi) is 3.50. The minimum Gasteiger partial charge on any atom is -0.315 e. The number of rotatable bonds is 5. The summed E-state index contributed by atoms with van der Waals surface area (Å²) in [5.41, 5.74) is 0. The number of nitrogens with one attached hydrogen (secondary N) is 2. The molecular weight excluding hydrogens is 372 g/mol. The van der Waals surface area contributed by atoms with Gasteiger partial charge in [-0.2, -0.15) is 0 Å². The maximum Gasteiger partial charge on any atom is 0.242 e. The quantitative estimate of drug-likeness (QED) is 0.811. The van der Waals surface area contributed by atoms with Crippen molar-refractivity contribution in [1.29, 1.82) is 0 Å². The summed E-state index contributed by atoms with van der Waals surface area (Å²) in [4.78, 5) is 1.43. The van der Waals surface area contributed by atoms with E-state index in [1.165, 1.54) is 30.6 Å². The molecule has 2 N–H and O–H groups in total.